The molecule has 6 heteroatoms. The summed E-state index contributed by atoms with van der Waals surface area (Å²) in [4.78, 5) is 0. The lowest BCUT2D eigenvalue weighted by atomic mass is 10.1. The second-order valence-corrected chi connectivity index (χ2v) is 6.99. The van der Waals surface area contributed by atoms with E-state index in [1.165, 1.54) is 0 Å². The van der Waals surface area contributed by atoms with Gasteiger partial charge in [0.25, 0.3) is 0 Å². The first-order chi connectivity index (χ1) is 8.91. The molecule has 0 spiro atoms. The van der Waals surface area contributed by atoms with E-state index in [9.17, 15) is 5.11 Å². The summed E-state index contributed by atoms with van der Waals surface area (Å²) in [6.45, 7) is 4.01. The fourth-order valence-electron chi connectivity index (χ4n) is 1.89. The maximum atomic E-state index is 10.6. The van der Waals surface area contributed by atoms with Crippen molar-refractivity contribution < 1.29 is 5.11 Å². The molecule has 0 bridgehead atoms. The van der Waals surface area contributed by atoms with Crippen LogP contribution in [0.5, 0.6) is 0 Å². The van der Waals surface area contributed by atoms with E-state index in [4.69, 9.17) is 11.6 Å². The van der Waals surface area contributed by atoms with Gasteiger partial charge < -0.3 is 5.11 Å². The van der Waals surface area contributed by atoms with E-state index in [0.29, 0.717) is 10.7 Å². The van der Waals surface area contributed by atoms with Gasteiger partial charge in [-0.2, -0.15) is 5.10 Å². The van der Waals surface area contributed by atoms with E-state index >= 15 is 0 Å². The lowest BCUT2D eigenvalue weighted by Crippen LogP contribution is -2.13. The number of hydrogen-bond donors (Lipinski definition) is 1. The van der Waals surface area contributed by atoms with Crippen LogP contribution in [0.2, 0.25) is 5.02 Å². The summed E-state index contributed by atoms with van der Waals surface area (Å²) in [6, 6.07) is 5.97. The molecule has 0 aliphatic carbocycles. The predicted molar refractivity (Wildman–Crippen MR) is 88.5 cm³/mol. The quantitative estimate of drug-likeness (QED) is 0.689. The number of aromatic nitrogens is 2. The summed E-state index contributed by atoms with van der Waals surface area (Å²) in [5.74, 6) is 0. The zero-order chi connectivity index (χ0) is 14.2. The third-order valence-corrected chi connectivity index (χ3v) is 4.47. The van der Waals surface area contributed by atoms with Crippen molar-refractivity contribution in [3.8, 4) is 0 Å². The van der Waals surface area contributed by atoms with Crippen LogP contribution in [0.1, 0.15) is 37.3 Å². The van der Waals surface area contributed by atoms with Gasteiger partial charge in [0, 0.05) is 19.6 Å². The van der Waals surface area contributed by atoms with E-state index in [2.05, 4.69) is 43.6 Å². The van der Waals surface area contributed by atoms with Gasteiger partial charge in [0.2, 0.25) is 0 Å². The van der Waals surface area contributed by atoms with Crippen molar-refractivity contribution in [1.82, 2.24) is 9.78 Å². The van der Waals surface area contributed by atoms with Gasteiger partial charge >= 0.3 is 0 Å². The Morgan fingerprint density at radius 1 is 1.42 bits per heavy atom. The molecule has 0 fully saturated rings. The number of rotatable bonds is 3. The minimum absolute atomic E-state index is 0.138. The summed E-state index contributed by atoms with van der Waals surface area (Å²) in [6.07, 6.45) is 0.767. The summed E-state index contributed by atoms with van der Waals surface area (Å²) in [5.41, 5.74) is 1.41. The Balaban J connectivity index is 2.52. The largest absolute Gasteiger partial charge is 0.382 e. The zero-order valence-electron chi connectivity index (χ0n) is 10.4. The van der Waals surface area contributed by atoms with Crippen molar-refractivity contribution in [2.45, 2.75) is 26.0 Å². The molecule has 3 nitrogen and oxygen atoms in total. The molecule has 0 radical (unpaired) electrons. The summed E-state index contributed by atoms with van der Waals surface area (Å²) < 4.78 is 3.66. The monoisotopic (exact) mass is 454 g/mol. The molecule has 1 atom stereocenters. The van der Waals surface area contributed by atoms with Crippen LogP contribution in [0.4, 0.5) is 0 Å². The van der Waals surface area contributed by atoms with E-state index in [-0.39, 0.29) is 6.04 Å². The lowest BCUT2D eigenvalue weighted by molar-refractivity contribution is 0.204. The third kappa shape index (κ3) is 3.15. The summed E-state index contributed by atoms with van der Waals surface area (Å²) in [5, 5.41) is 15.3. The molecule has 0 amide bonds. The Bertz CT molecular complexity index is 600. The Kier molecular flexibility index (Phi) is 4.92. The Hall–Kier alpha value is -0.110. The first kappa shape index (κ1) is 15.3. The Morgan fingerprint density at radius 2 is 2.11 bits per heavy atom. The molecule has 1 aromatic carbocycles. The maximum Gasteiger partial charge on any atom is 0.123 e. The molecule has 0 saturated heterocycles. The molecular weight excluding hydrogens is 442 g/mol. The molecule has 19 heavy (non-hydrogen) atoms. The van der Waals surface area contributed by atoms with E-state index < -0.39 is 6.10 Å². The van der Waals surface area contributed by atoms with Crippen LogP contribution in [0, 0.1) is 3.57 Å². The molecule has 102 valence electrons. The molecule has 2 aromatic rings. The molecule has 1 heterocycles. The van der Waals surface area contributed by atoms with Gasteiger partial charge in [-0.05, 0) is 54.6 Å². The second kappa shape index (κ2) is 6.11. The van der Waals surface area contributed by atoms with Gasteiger partial charge in [-0.25, -0.2) is 0 Å². The van der Waals surface area contributed by atoms with Gasteiger partial charge in [-0.15, -0.1) is 0 Å². The van der Waals surface area contributed by atoms with Crippen LogP contribution in [0.3, 0.4) is 0 Å². The normalized spacial score (nSPS) is 13.0. The van der Waals surface area contributed by atoms with Gasteiger partial charge in [-0.1, -0.05) is 27.5 Å². The highest BCUT2D eigenvalue weighted by Gasteiger charge is 2.23. The lowest BCUT2D eigenvalue weighted by Gasteiger charge is -2.18. The highest BCUT2D eigenvalue weighted by molar-refractivity contribution is 14.1. The van der Waals surface area contributed by atoms with Crippen molar-refractivity contribution in [1.29, 1.82) is 0 Å². The third-order valence-electron chi connectivity index (χ3n) is 2.79. The molecule has 1 N–H and O–H groups in total. The average molecular weight is 456 g/mol. The van der Waals surface area contributed by atoms with Crippen molar-refractivity contribution in [2.24, 2.45) is 0 Å². The second-order valence-electron chi connectivity index (χ2n) is 4.48. The van der Waals surface area contributed by atoms with Gasteiger partial charge in [0.15, 0.2) is 0 Å². The SMILES string of the molecule is CC(C)n1ncc(Cl)c1C(O)c1cc(I)ccc1Br. The molecule has 0 aliphatic heterocycles. The fraction of sp³-hybridized carbons (Fsp3) is 0.308. The topological polar surface area (TPSA) is 38.0 Å². The highest BCUT2D eigenvalue weighted by Crippen LogP contribution is 2.34. The van der Waals surface area contributed by atoms with Crippen LogP contribution < -0.4 is 0 Å². The van der Waals surface area contributed by atoms with Crippen LogP contribution in [0.15, 0.2) is 28.9 Å². The van der Waals surface area contributed by atoms with Crippen LogP contribution in [-0.2, 0) is 0 Å². The number of halogens is 3. The number of hydrogen-bond acceptors (Lipinski definition) is 2. The van der Waals surface area contributed by atoms with Crippen molar-refractivity contribution in [3.63, 3.8) is 0 Å². The molecule has 1 aromatic heterocycles. The number of aliphatic hydroxyl groups is 1. The van der Waals surface area contributed by atoms with Gasteiger partial charge in [0.05, 0.1) is 16.9 Å². The van der Waals surface area contributed by atoms with Crippen molar-refractivity contribution in [2.75, 3.05) is 0 Å². The molecular formula is C13H13BrClIN2O. The van der Waals surface area contributed by atoms with Crippen molar-refractivity contribution in [3.05, 3.63) is 48.7 Å². The van der Waals surface area contributed by atoms with Crippen LogP contribution in [0.25, 0.3) is 0 Å². The molecule has 0 aliphatic rings. The molecule has 2 rings (SSSR count). The Morgan fingerprint density at radius 3 is 2.74 bits per heavy atom. The molecule has 1 unspecified atom stereocenters. The maximum absolute atomic E-state index is 10.6. The van der Waals surface area contributed by atoms with E-state index in [0.717, 1.165) is 13.6 Å². The minimum Gasteiger partial charge on any atom is -0.382 e. The summed E-state index contributed by atoms with van der Waals surface area (Å²) in [7, 11) is 0. The Labute approximate surface area is 139 Å². The fourth-order valence-corrected chi connectivity index (χ4v) is 3.10. The standard InChI is InChI=1S/C13H13BrClIN2O/c1-7(2)18-12(11(15)6-17-18)13(19)9-5-8(16)3-4-10(9)14/h3-7,13,19H,1-2H3. The first-order valence-corrected chi connectivity index (χ1v) is 8.02. The first-order valence-electron chi connectivity index (χ1n) is 5.77. The van der Waals surface area contributed by atoms with Gasteiger partial charge in [0.1, 0.15) is 6.10 Å². The number of nitrogens with zero attached hydrogens (tertiary/aromatic N) is 2. The van der Waals surface area contributed by atoms with Gasteiger partial charge in [-0.3, -0.25) is 4.68 Å². The number of aliphatic hydroxyl groups excluding tert-OH is 1. The zero-order valence-corrected chi connectivity index (χ0v) is 14.9. The average Bonchev–Trinajstić information content (AvgIpc) is 2.73. The smallest absolute Gasteiger partial charge is 0.123 e. The van der Waals surface area contributed by atoms with E-state index in [1.54, 1.807) is 10.9 Å². The predicted octanol–water partition coefficient (Wildman–Crippen LogP) is 4.57. The number of benzene rings is 1. The van der Waals surface area contributed by atoms with E-state index in [1.807, 2.05) is 32.0 Å². The minimum atomic E-state index is -0.804. The summed E-state index contributed by atoms with van der Waals surface area (Å²) >= 11 is 11.8. The molecule has 0 saturated carbocycles. The van der Waals surface area contributed by atoms with Crippen LogP contribution in [-0.4, -0.2) is 14.9 Å². The van der Waals surface area contributed by atoms with Crippen LogP contribution >= 0.6 is 50.1 Å². The highest BCUT2D eigenvalue weighted by atomic mass is 127. The van der Waals surface area contributed by atoms with Crippen molar-refractivity contribution >= 4 is 50.1 Å².